The molecular formula is C12H19ClN2O. The highest BCUT2D eigenvalue weighted by atomic mass is 35.5. The molecule has 0 amide bonds. The van der Waals surface area contributed by atoms with E-state index in [1.165, 1.54) is 0 Å². The average Bonchev–Trinajstić information content (AvgIpc) is 2.67. The molecule has 1 unspecified atom stereocenters. The van der Waals surface area contributed by atoms with Gasteiger partial charge in [-0.25, -0.2) is 0 Å². The summed E-state index contributed by atoms with van der Waals surface area (Å²) in [5.41, 5.74) is 0.794. The Labute approximate surface area is 102 Å². The van der Waals surface area contributed by atoms with Gasteiger partial charge >= 0.3 is 0 Å². The predicted molar refractivity (Wildman–Crippen MR) is 64.7 cm³/mol. The minimum Gasteiger partial charge on any atom is -0.367 e. The number of rotatable bonds is 2. The second kappa shape index (κ2) is 3.74. The second-order valence-electron chi connectivity index (χ2n) is 5.65. The van der Waals surface area contributed by atoms with Crippen LogP contribution in [0.1, 0.15) is 45.7 Å². The molecule has 1 aliphatic heterocycles. The number of nitrogens with zero attached hydrogens (tertiary/aromatic N) is 2. The average molecular weight is 243 g/mol. The molecule has 2 rings (SSSR count). The summed E-state index contributed by atoms with van der Waals surface area (Å²) in [5, 5.41) is 4.38. The van der Waals surface area contributed by atoms with E-state index < -0.39 is 0 Å². The van der Waals surface area contributed by atoms with Crippen LogP contribution >= 0.6 is 11.6 Å². The molecule has 1 saturated heterocycles. The van der Waals surface area contributed by atoms with Crippen molar-refractivity contribution >= 4 is 11.6 Å². The van der Waals surface area contributed by atoms with Crippen molar-refractivity contribution in [1.29, 1.82) is 0 Å². The molecule has 4 heteroatoms. The number of hydrogen-bond acceptors (Lipinski definition) is 2. The summed E-state index contributed by atoms with van der Waals surface area (Å²) in [6.45, 7) is 8.49. The lowest BCUT2D eigenvalue weighted by molar-refractivity contribution is -0.0737. The van der Waals surface area contributed by atoms with Crippen molar-refractivity contribution in [3.8, 4) is 0 Å². The Kier molecular flexibility index (Phi) is 2.79. The smallest absolute Gasteiger partial charge is 0.0857 e. The highest BCUT2D eigenvalue weighted by Gasteiger charge is 2.47. The summed E-state index contributed by atoms with van der Waals surface area (Å²) in [7, 11) is 0. The molecule has 0 bridgehead atoms. The van der Waals surface area contributed by atoms with Crippen LogP contribution < -0.4 is 0 Å². The summed E-state index contributed by atoms with van der Waals surface area (Å²) in [6.07, 6.45) is 4.82. The summed E-state index contributed by atoms with van der Waals surface area (Å²) >= 11 is 5.79. The monoisotopic (exact) mass is 242 g/mol. The van der Waals surface area contributed by atoms with Gasteiger partial charge in [0.15, 0.2) is 0 Å². The fourth-order valence-electron chi connectivity index (χ4n) is 2.56. The van der Waals surface area contributed by atoms with Crippen LogP contribution in [0.4, 0.5) is 0 Å². The molecule has 16 heavy (non-hydrogen) atoms. The second-order valence-corrected chi connectivity index (χ2v) is 5.91. The highest BCUT2D eigenvalue weighted by Crippen LogP contribution is 2.44. The van der Waals surface area contributed by atoms with Crippen LogP contribution in [0.3, 0.4) is 0 Å². The molecule has 0 saturated carbocycles. The Morgan fingerprint density at radius 1 is 1.50 bits per heavy atom. The molecule has 2 heterocycles. The number of alkyl halides is 1. The molecule has 0 radical (unpaired) electrons. The third-order valence-corrected chi connectivity index (χ3v) is 3.46. The van der Waals surface area contributed by atoms with Crippen molar-refractivity contribution < 1.29 is 4.74 Å². The van der Waals surface area contributed by atoms with Gasteiger partial charge in [-0.05, 0) is 27.7 Å². The zero-order valence-corrected chi connectivity index (χ0v) is 11.1. The van der Waals surface area contributed by atoms with Crippen molar-refractivity contribution in [1.82, 2.24) is 9.78 Å². The quantitative estimate of drug-likeness (QED) is 0.745. The molecule has 0 N–H and O–H groups in total. The summed E-state index contributed by atoms with van der Waals surface area (Å²) in [5.74, 6) is 0.511. The van der Waals surface area contributed by atoms with Gasteiger partial charge in [-0.15, -0.1) is 11.6 Å². The molecule has 90 valence electrons. The summed E-state index contributed by atoms with van der Waals surface area (Å²) in [6, 6.07) is 0.277. The Morgan fingerprint density at radius 2 is 2.19 bits per heavy atom. The van der Waals surface area contributed by atoms with Gasteiger partial charge in [0.25, 0.3) is 0 Å². The van der Waals surface area contributed by atoms with Crippen LogP contribution in [-0.2, 0) is 10.6 Å². The topological polar surface area (TPSA) is 27.1 Å². The first-order valence-corrected chi connectivity index (χ1v) is 6.17. The van der Waals surface area contributed by atoms with Gasteiger partial charge in [0.1, 0.15) is 0 Å². The highest BCUT2D eigenvalue weighted by molar-refractivity contribution is 6.17. The molecule has 1 aromatic heterocycles. The maximum absolute atomic E-state index is 6.05. The predicted octanol–water partition coefficient (Wildman–Crippen LogP) is 3.14. The lowest BCUT2D eigenvalue weighted by atomic mass is 9.95. The molecule has 1 atom stereocenters. The minimum absolute atomic E-state index is 0.0821. The van der Waals surface area contributed by atoms with Gasteiger partial charge in [0.2, 0.25) is 0 Å². The van der Waals surface area contributed by atoms with Gasteiger partial charge in [-0.2, -0.15) is 5.10 Å². The van der Waals surface area contributed by atoms with E-state index in [0.29, 0.717) is 5.88 Å². The normalized spacial score (nSPS) is 27.2. The van der Waals surface area contributed by atoms with E-state index in [0.717, 1.165) is 12.0 Å². The van der Waals surface area contributed by atoms with Gasteiger partial charge in [-0.3, -0.25) is 4.68 Å². The molecule has 3 nitrogen and oxygen atoms in total. The van der Waals surface area contributed by atoms with Gasteiger partial charge in [-0.1, -0.05) is 0 Å². The van der Waals surface area contributed by atoms with E-state index in [1.807, 2.05) is 17.1 Å². The van der Waals surface area contributed by atoms with E-state index in [2.05, 4.69) is 32.8 Å². The molecule has 0 aromatic carbocycles. The van der Waals surface area contributed by atoms with E-state index in [9.17, 15) is 0 Å². The SMILES string of the molecule is CC1(C)CC(n2cc(CCl)cn2)C(C)(C)O1. The van der Waals surface area contributed by atoms with Gasteiger partial charge in [0.05, 0.1) is 29.3 Å². The first-order chi connectivity index (χ1) is 7.34. The lowest BCUT2D eigenvalue weighted by Gasteiger charge is -2.27. The molecule has 1 aliphatic rings. The first kappa shape index (κ1) is 11.9. The molecular weight excluding hydrogens is 224 g/mol. The number of aromatic nitrogens is 2. The van der Waals surface area contributed by atoms with E-state index in [1.54, 1.807) is 0 Å². The summed E-state index contributed by atoms with van der Waals surface area (Å²) in [4.78, 5) is 0. The third kappa shape index (κ3) is 2.11. The van der Waals surface area contributed by atoms with Gasteiger partial charge < -0.3 is 4.74 Å². The van der Waals surface area contributed by atoms with Crippen molar-refractivity contribution in [3.63, 3.8) is 0 Å². The zero-order valence-electron chi connectivity index (χ0n) is 10.3. The van der Waals surface area contributed by atoms with E-state index in [4.69, 9.17) is 16.3 Å². The van der Waals surface area contributed by atoms with Crippen LogP contribution in [0.15, 0.2) is 12.4 Å². The Balaban J connectivity index is 2.27. The molecule has 1 aromatic rings. The Morgan fingerprint density at radius 3 is 2.62 bits per heavy atom. The minimum atomic E-state index is -0.181. The third-order valence-electron chi connectivity index (χ3n) is 3.16. The largest absolute Gasteiger partial charge is 0.367 e. The van der Waals surface area contributed by atoms with Crippen molar-refractivity contribution in [2.75, 3.05) is 0 Å². The standard InChI is InChI=1S/C12H19ClN2O/c1-11(2)5-10(12(3,4)16-11)15-8-9(6-13)7-14-15/h7-8,10H,5-6H2,1-4H3. The van der Waals surface area contributed by atoms with Crippen LogP contribution in [0.25, 0.3) is 0 Å². The maximum Gasteiger partial charge on any atom is 0.0857 e. The Bertz CT molecular complexity index is 384. The fraction of sp³-hybridized carbons (Fsp3) is 0.750. The number of hydrogen-bond donors (Lipinski definition) is 0. The first-order valence-electron chi connectivity index (χ1n) is 5.63. The van der Waals surface area contributed by atoms with Gasteiger partial charge in [0, 0.05) is 18.2 Å². The summed E-state index contributed by atoms with van der Waals surface area (Å²) < 4.78 is 8.04. The van der Waals surface area contributed by atoms with Crippen molar-refractivity contribution in [2.45, 2.75) is 57.2 Å². The molecule has 1 fully saturated rings. The van der Waals surface area contributed by atoms with Crippen LogP contribution in [0.2, 0.25) is 0 Å². The van der Waals surface area contributed by atoms with Crippen LogP contribution in [-0.4, -0.2) is 21.0 Å². The molecule has 0 aliphatic carbocycles. The van der Waals surface area contributed by atoms with E-state index >= 15 is 0 Å². The fourth-order valence-corrected chi connectivity index (χ4v) is 2.70. The van der Waals surface area contributed by atoms with E-state index in [-0.39, 0.29) is 17.2 Å². The van der Waals surface area contributed by atoms with Crippen molar-refractivity contribution in [3.05, 3.63) is 18.0 Å². The molecule has 0 spiro atoms. The lowest BCUT2D eigenvalue weighted by Crippen LogP contribution is -2.31. The zero-order chi connectivity index (χ0) is 12.0. The van der Waals surface area contributed by atoms with Crippen LogP contribution in [0.5, 0.6) is 0 Å². The number of ether oxygens (including phenoxy) is 1. The maximum atomic E-state index is 6.05. The van der Waals surface area contributed by atoms with Crippen molar-refractivity contribution in [2.24, 2.45) is 0 Å². The Hall–Kier alpha value is -0.540. The number of halogens is 1. The van der Waals surface area contributed by atoms with Crippen LogP contribution in [0, 0.1) is 0 Å².